The highest BCUT2D eigenvalue weighted by molar-refractivity contribution is 6.01. The van der Waals surface area contributed by atoms with Crippen LogP contribution in [-0.2, 0) is 115 Å². The number of carboxylic acid groups (broad SMARTS) is 2. The second-order valence-corrected chi connectivity index (χ2v) is 26.6. The number of carbonyl (C=O) groups excluding carboxylic acids is 18. The number of carboxylic acids is 2. The Hall–Kier alpha value is -13.3. The second kappa shape index (κ2) is 48.6. The fraction of sp³-hybridized carbons (Fsp3) is 0.522. The van der Waals surface area contributed by atoms with E-state index in [-0.39, 0.29) is 22.7 Å². The number of hydrogen-bond acceptors (Lipinski definition) is 27. The van der Waals surface area contributed by atoms with Gasteiger partial charge in [0.05, 0.1) is 45.4 Å². The summed E-state index contributed by atoms with van der Waals surface area (Å²) < 4.78 is 0. The summed E-state index contributed by atoms with van der Waals surface area (Å²) in [5, 5.41) is 90.4. The van der Waals surface area contributed by atoms with Crippen molar-refractivity contribution in [3.05, 3.63) is 66.3 Å². The van der Waals surface area contributed by atoms with E-state index in [0.717, 1.165) is 13.8 Å². The van der Waals surface area contributed by atoms with Crippen molar-refractivity contribution in [1.29, 1.82) is 0 Å². The Balaban J connectivity index is 1.84. The van der Waals surface area contributed by atoms with Crippen molar-refractivity contribution in [3.63, 3.8) is 0 Å². The molecule has 14 atom stereocenters. The van der Waals surface area contributed by atoms with E-state index in [0.29, 0.717) is 0 Å². The minimum absolute atomic E-state index is 0.206. The maximum absolute atomic E-state index is 14.5. The molecule has 0 fully saturated rings. The number of H-pyrrole nitrogens is 2. The number of phenols is 1. The predicted octanol–water partition coefficient (Wildman–Crippen LogP) is -13.1. The van der Waals surface area contributed by atoms with Gasteiger partial charge >= 0.3 is 11.9 Å². The van der Waals surface area contributed by atoms with E-state index in [1.54, 1.807) is 0 Å². The summed E-state index contributed by atoms with van der Waals surface area (Å²) in [5.74, 6) is -24.3. The Morgan fingerprint density at radius 1 is 0.388 bits per heavy atom. The van der Waals surface area contributed by atoms with Gasteiger partial charge in [0, 0.05) is 68.7 Å². The van der Waals surface area contributed by atoms with Gasteiger partial charge in [-0.3, -0.25) is 91.1 Å². The van der Waals surface area contributed by atoms with E-state index in [9.17, 15) is 127 Å². The fourth-order valence-corrected chi connectivity index (χ4v) is 10.4. The normalized spacial score (nSPS) is 14.6. The summed E-state index contributed by atoms with van der Waals surface area (Å²) in [7, 11) is 0. The standard InChI is InChI=1S/C67H99N23O26/c1-29(2)53(66(114)83-37(9-13-47(69)95)58(106)78-31(4)55(103)88-46(26-93)65(113)84-40(67(115)116)11-15-49(71)97)90-60(108)38(10-14-48(70)96)81-54(102)30(3)79-64(112)45(25-92)89-61(109)41(17-32-5-7-35(94)8-6-32)85-62(110)43(19-34-22-74-28-77-34)80-51(99)23-75-57(105)42(18-33-21-73-27-76-33)86-63(111)44(20-50(72)98)87-59(107)39(12-16-52(100)101)82-56(104)36(68)24-91/h5-8,21-22,27-31,36-46,53,91-94H,9-20,23-26,68H2,1-4H3,(H2,69,95)(H2,70,96)(H2,71,97)(H2,72,98)(H,73,76)(H,74,77)(H,75,105)(H,78,106)(H,79,112)(H,80,99)(H,81,102)(H,82,104)(H,83,114)(H,84,113)(H,85,110)(H,86,111)(H,87,107)(H,88,103)(H,89,109)(H,90,108)(H,100,101)(H,115,116)/t30-,31-,36-,37-,38-,39-,40-,41-,42-,43-,44-,45-,46-,53-/m0/s1. The molecule has 49 heteroatoms. The van der Waals surface area contributed by atoms with Gasteiger partial charge in [-0.2, -0.15) is 0 Å². The second-order valence-electron chi connectivity index (χ2n) is 26.6. The third-order valence-corrected chi connectivity index (χ3v) is 16.8. The molecule has 2 aromatic heterocycles. The topological polar surface area (TPSA) is 819 Å². The number of rotatable bonds is 53. The predicted molar refractivity (Wildman–Crippen MR) is 394 cm³/mol. The molecule has 18 amide bonds. The molecule has 0 unspecified atom stereocenters. The smallest absolute Gasteiger partial charge is 0.326 e. The van der Waals surface area contributed by atoms with Gasteiger partial charge in [0.2, 0.25) is 106 Å². The van der Waals surface area contributed by atoms with Crippen molar-refractivity contribution < 1.29 is 127 Å². The minimum atomic E-state index is -1.96. The highest BCUT2D eigenvalue weighted by atomic mass is 16.4. The molecule has 3 rings (SSSR count). The van der Waals surface area contributed by atoms with Crippen LogP contribution in [0.2, 0.25) is 0 Å². The Bertz CT molecular complexity index is 3960. The van der Waals surface area contributed by atoms with E-state index in [1.807, 2.05) is 5.32 Å². The molecule has 49 nitrogen and oxygen atoms in total. The number of nitrogens with zero attached hydrogens (tertiary/aromatic N) is 2. The van der Waals surface area contributed by atoms with Crippen LogP contribution in [0.4, 0.5) is 0 Å². The highest BCUT2D eigenvalue weighted by Crippen LogP contribution is 2.15. The van der Waals surface area contributed by atoms with E-state index >= 15 is 0 Å². The molecule has 0 aliphatic rings. The number of benzene rings is 1. The minimum Gasteiger partial charge on any atom is -0.508 e. The van der Waals surface area contributed by atoms with Crippen LogP contribution in [-0.4, -0.2) is 280 Å². The maximum Gasteiger partial charge on any atom is 0.326 e. The van der Waals surface area contributed by atoms with Crippen LogP contribution in [0.3, 0.4) is 0 Å². The number of primary amides is 4. The number of aliphatic hydroxyl groups is 3. The average Bonchev–Trinajstić information content (AvgIpc) is 1.09. The first-order valence-corrected chi connectivity index (χ1v) is 35.7. The lowest BCUT2D eigenvalue weighted by atomic mass is 10.0. The molecular formula is C67H99N23O26. The number of nitrogens with two attached hydrogens (primary N) is 5. The number of hydrogen-bond donors (Lipinski definition) is 27. The van der Waals surface area contributed by atoms with Crippen LogP contribution < -0.4 is 103 Å². The Morgan fingerprint density at radius 2 is 0.750 bits per heavy atom. The zero-order valence-corrected chi connectivity index (χ0v) is 63.2. The molecule has 0 aliphatic heterocycles. The number of aromatic amines is 2. The van der Waals surface area contributed by atoms with E-state index in [1.165, 1.54) is 63.2 Å². The molecule has 0 saturated carbocycles. The van der Waals surface area contributed by atoms with Crippen molar-refractivity contribution >= 4 is 118 Å². The molecule has 638 valence electrons. The quantitative estimate of drug-likeness (QED) is 0.0250. The zero-order chi connectivity index (χ0) is 87.2. The van der Waals surface area contributed by atoms with E-state index < -0.39 is 312 Å². The molecule has 0 bridgehead atoms. The summed E-state index contributed by atoms with van der Waals surface area (Å²) >= 11 is 0. The Kier molecular flexibility index (Phi) is 40.6. The summed E-state index contributed by atoms with van der Waals surface area (Å²) in [6.45, 7) is 0.923. The third-order valence-electron chi connectivity index (χ3n) is 16.8. The van der Waals surface area contributed by atoms with Gasteiger partial charge < -0.3 is 144 Å². The molecule has 0 aliphatic carbocycles. The number of nitrogens with one attached hydrogen (secondary N) is 16. The number of aliphatic hydroxyl groups excluding tert-OH is 3. The summed E-state index contributed by atoms with van der Waals surface area (Å²) in [6, 6.07) is -18.9. The molecule has 32 N–H and O–H groups in total. The number of imidazole rings is 2. The lowest BCUT2D eigenvalue weighted by Gasteiger charge is -2.28. The van der Waals surface area contributed by atoms with Crippen molar-refractivity contribution in [1.82, 2.24) is 94.4 Å². The molecule has 116 heavy (non-hydrogen) atoms. The Labute approximate surface area is 659 Å². The first-order chi connectivity index (χ1) is 54.6. The van der Waals surface area contributed by atoms with Gasteiger partial charge in [-0.15, -0.1) is 0 Å². The van der Waals surface area contributed by atoms with Gasteiger partial charge in [0.1, 0.15) is 90.3 Å². The monoisotopic (exact) mass is 1640 g/mol. The van der Waals surface area contributed by atoms with Crippen LogP contribution in [0.15, 0.2) is 49.3 Å². The molecule has 0 radical (unpaired) electrons. The van der Waals surface area contributed by atoms with Crippen LogP contribution in [0.1, 0.15) is 102 Å². The number of aromatic hydroxyl groups is 1. The third kappa shape index (κ3) is 34.7. The van der Waals surface area contributed by atoms with Gasteiger partial charge in [-0.1, -0.05) is 26.0 Å². The number of phenolic OH excluding ortho intramolecular Hbond substituents is 1. The SMILES string of the molecule is CC(C)[C@H](NC(=O)[C@H](CCC(N)=O)NC(=O)[C@H](C)NC(=O)[C@H](CO)NC(=O)[C@H](Cc1ccc(O)cc1)NC(=O)[C@H](Cc1cnc[nH]1)NC(=O)CNC(=O)[C@H](Cc1cnc[nH]1)NC(=O)[C@H](CC(N)=O)NC(=O)[C@H](CCC(=O)O)NC(=O)[C@@H](N)CO)C(=O)N[C@@H](CCC(N)=O)C(=O)N[C@@H](C)C(=O)N[C@@H](CO)C(=O)N[C@@H](CCC(N)=O)C(=O)O. The van der Waals surface area contributed by atoms with Gasteiger partial charge in [0.15, 0.2) is 0 Å². The van der Waals surface area contributed by atoms with E-state index in [4.69, 9.17) is 28.7 Å². The summed E-state index contributed by atoms with van der Waals surface area (Å²) in [4.78, 5) is 276. The number of aliphatic carboxylic acids is 2. The summed E-state index contributed by atoms with van der Waals surface area (Å²) in [6.07, 6.45) is -1.62. The lowest BCUT2D eigenvalue weighted by molar-refractivity contribution is -0.143. The fourth-order valence-electron chi connectivity index (χ4n) is 10.4. The van der Waals surface area contributed by atoms with Crippen LogP contribution in [0.5, 0.6) is 5.75 Å². The molecule has 2 heterocycles. The Morgan fingerprint density at radius 3 is 1.18 bits per heavy atom. The summed E-state index contributed by atoms with van der Waals surface area (Å²) in [5.41, 5.74) is 27.4. The number of amides is 18. The molecule has 0 spiro atoms. The van der Waals surface area contributed by atoms with Crippen molar-refractivity contribution in [3.8, 4) is 5.75 Å². The molecule has 1 aromatic carbocycles. The van der Waals surface area contributed by atoms with Gasteiger partial charge in [0.25, 0.3) is 0 Å². The first kappa shape index (κ1) is 96.9. The van der Waals surface area contributed by atoms with E-state index in [2.05, 4.69) is 89.1 Å². The van der Waals surface area contributed by atoms with Crippen LogP contribution in [0, 0.1) is 5.92 Å². The van der Waals surface area contributed by atoms with Gasteiger partial charge in [-0.25, -0.2) is 14.8 Å². The van der Waals surface area contributed by atoms with Crippen molar-refractivity contribution in [2.24, 2.45) is 34.6 Å². The number of aromatic nitrogens is 4. The average molecular weight is 1640 g/mol. The van der Waals surface area contributed by atoms with Crippen LogP contribution in [0.25, 0.3) is 0 Å². The maximum atomic E-state index is 14.5. The highest BCUT2D eigenvalue weighted by Gasteiger charge is 2.38. The molecular weight excluding hydrogens is 1540 g/mol. The number of carbonyl (C=O) groups is 20. The van der Waals surface area contributed by atoms with Gasteiger partial charge in [-0.05, 0) is 63.1 Å². The lowest BCUT2D eigenvalue weighted by Crippen LogP contribution is -2.61. The molecule has 3 aromatic rings. The first-order valence-electron chi connectivity index (χ1n) is 35.7. The van der Waals surface area contributed by atoms with Crippen molar-refractivity contribution in [2.75, 3.05) is 26.4 Å². The molecule has 0 saturated heterocycles. The van der Waals surface area contributed by atoms with Crippen molar-refractivity contribution in [2.45, 2.75) is 189 Å². The van der Waals surface area contributed by atoms with Crippen LogP contribution >= 0.6 is 0 Å². The zero-order valence-electron chi connectivity index (χ0n) is 63.2. The largest absolute Gasteiger partial charge is 0.508 e.